The maximum absolute atomic E-state index is 12.1. The summed E-state index contributed by atoms with van der Waals surface area (Å²) < 4.78 is 11.4. The van der Waals surface area contributed by atoms with Crippen LogP contribution in [0.5, 0.6) is 0 Å². The molecule has 0 atom stereocenters. The number of carbonyl (C=O) groups excluding carboxylic acids is 2. The van der Waals surface area contributed by atoms with Gasteiger partial charge in [0.05, 0.1) is 13.2 Å². The molecule has 152 valence electrons. The van der Waals surface area contributed by atoms with Crippen molar-refractivity contribution >= 4 is 39.6 Å². The van der Waals surface area contributed by atoms with Gasteiger partial charge < -0.3 is 14.4 Å². The molecule has 0 amide bonds. The molecule has 0 aliphatic carbocycles. The third-order valence-electron chi connectivity index (χ3n) is 4.03. The van der Waals surface area contributed by atoms with E-state index in [1.165, 1.54) is 0 Å². The summed E-state index contributed by atoms with van der Waals surface area (Å²) in [5, 5.41) is 0.933. The molecule has 0 saturated carbocycles. The Labute approximate surface area is 170 Å². The Balaban J connectivity index is 1.95. The number of aromatic nitrogens is 1. The Morgan fingerprint density at radius 2 is 1.82 bits per heavy atom. The molecule has 0 fully saturated rings. The van der Waals surface area contributed by atoms with Crippen molar-refractivity contribution in [3.05, 3.63) is 35.5 Å². The molecule has 7 heteroatoms. The average molecular weight is 406 g/mol. The van der Waals surface area contributed by atoms with Crippen molar-refractivity contribution in [3.8, 4) is 0 Å². The van der Waals surface area contributed by atoms with Gasteiger partial charge in [0.1, 0.15) is 17.8 Å². The molecular weight excluding hydrogens is 376 g/mol. The number of para-hydroxylation sites is 1. The van der Waals surface area contributed by atoms with Gasteiger partial charge in [-0.05, 0) is 19.4 Å². The highest BCUT2D eigenvalue weighted by molar-refractivity contribution is 7.18. The van der Waals surface area contributed by atoms with E-state index in [-0.39, 0.29) is 25.0 Å². The minimum atomic E-state index is -0.372. The van der Waals surface area contributed by atoms with Crippen LogP contribution in [-0.2, 0) is 19.1 Å². The third-order valence-corrected chi connectivity index (χ3v) is 5.07. The minimum Gasteiger partial charge on any atom is -0.465 e. The second-order valence-corrected chi connectivity index (χ2v) is 7.48. The fourth-order valence-corrected chi connectivity index (χ4v) is 3.55. The van der Waals surface area contributed by atoms with Crippen molar-refractivity contribution in [2.75, 3.05) is 26.3 Å². The Kier molecular flexibility index (Phi) is 9.48. The first-order chi connectivity index (χ1) is 13.6. The molecule has 2 rings (SSSR count). The van der Waals surface area contributed by atoms with Crippen LogP contribution in [0.1, 0.15) is 44.5 Å². The van der Waals surface area contributed by atoms with Crippen molar-refractivity contribution in [1.29, 1.82) is 0 Å². The maximum atomic E-state index is 12.1. The van der Waals surface area contributed by atoms with E-state index in [4.69, 9.17) is 9.47 Å². The fraction of sp³-hybridized carbons (Fsp3) is 0.476. The Morgan fingerprint density at radius 1 is 1.07 bits per heavy atom. The summed E-state index contributed by atoms with van der Waals surface area (Å²) >= 11 is 1.61. The number of thiazole rings is 1. The number of fused-ring (bicyclic) bond motifs is 1. The van der Waals surface area contributed by atoms with E-state index in [1.807, 2.05) is 30.3 Å². The number of hydrogen-bond acceptors (Lipinski definition) is 6. The molecule has 0 saturated heterocycles. The van der Waals surface area contributed by atoms with Crippen LogP contribution >= 0.6 is 11.3 Å². The van der Waals surface area contributed by atoms with E-state index in [0.29, 0.717) is 13.2 Å². The number of ether oxygens (including phenoxy) is 2. The van der Waals surface area contributed by atoms with E-state index in [0.717, 1.165) is 40.9 Å². The van der Waals surface area contributed by atoms with Crippen molar-refractivity contribution in [2.45, 2.75) is 39.5 Å². The summed E-state index contributed by atoms with van der Waals surface area (Å²) in [6.07, 6.45) is 7.79. The molecule has 0 spiro atoms. The quantitative estimate of drug-likeness (QED) is 0.398. The molecule has 6 nitrogen and oxygen atoms in total. The van der Waals surface area contributed by atoms with Crippen LogP contribution in [-0.4, -0.2) is 43.1 Å². The van der Waals surface area contributed by atoms with Crippen molar-refractivity contribution in [3.63, 3.8) is 0 Å². The number of carbonyl (C=O) groups is 2. The van der Waals surface area contributed by atoms with Crippen LogP contribution < -0.4 is 4.98 Å². The maximum Gasteiger partial charge on any atom is 0.325 e. The number of aromatic amines is 1. The number of hydrogen-bond donors (Lipinski definition) is 0. The van der Waals surface area contributed by atoms with Crippen LogP contribution in [0.2, 0.25) is 0 Å². The van der Waals surface area contributed by atoms with Gasteiger partial charge in [-0.1, -0.05) is 49.7 Å². The molecule has 0 unspecified atom stereocenters. The van der Waals surface area contributed by atoms with Gasteiger partial charge in [-0.3, -0.25) is 9.59 Å². The normalized spacial score (nSPS) is 11.1. The van der Waals surface area contributed by atoms with Gasteiger partial charge in [0.25, 0.3) is 5.01 Å². The van der Waals surface area contributed by atoms with Gasteiger partial charge >= 0.3 is 11.9 Å². The van der Waals surface area contributed by atoms with Crippen LogP contribution in [0.4, 0.5) is 0 Å². The van der Waals surface area contributed by atoms with Gasteiger partial charge in [0, 0.05) is 18.3 Å². The number of unbranched alkanes of at least 4 members (excludes halogenated alkanes) is 3. The third kappa shape index (κ3) is 7.68. The number of nitrogens with one attached hydrogen (secondary N) is 1. The van der Waals surface area contributed by atoms with E-state index in [9.17, 15) is 9.59 Å². The Bertz CT molecular complexity index is 755. The molecule has 0 bridgehead atoms. The van der Waals surface area contributed by atoms with E-state index in [1.54, 1.807) is 29.4 Å². The molecule has 0 aliphatic heterocycles. The number of esters is 2. The van der Waals surface area contributed by atoms with Gasteiger partial charge in [-0.15, -0.1) is 0 Å². The molecule has 1 N–H and O–H groups in total. The molecule has 2 aromatic rings. The monoisotopic (exact) mass is 405 g/mol. The lowest BCUT2D eigenvalue weighted by molar-refractivity contribution is -0.341. The summed E-state index contributed by atoms with van der Waals surface area (Å²) in [7, 11) is 0. The van der Waals surface area contributed by atoms with Gasteiger partial charge in [0.2, 0.25) is 5.52 Å². The molecule has 1 aromatic heterocycles. The number of benzene rings is 1. The smallest absolute Gasteiger partial charge is 0.325 e. The second-order valence-electron chi connectivity index (χ2n) is 6.39. The standard InChI is InChI=1S/C21H28N2O4S/c1-3-5-6-9-14-27-21(25)16-23(15-20(24)26-4-2)13-12-19-22-17-10-7-8-11-18(17)28-19/h7-8,10-13H,3-6,9,14-16H2,1-2H3/p+1. The Hall–Kier alpha value is -2.41. The van der Waals surface area contributed by atoms with E-state index < -0.39 is 0 Å². The van der Waals surface area contributed by atoms with Crippen molar-refractivity contribution < 1.29 is 24.0 Å². The molecule has 0 radical (unpaired) electrons. The zero-order valence-corrected chi connectivity index (χ0v) is 17.4. The highest BCUT2D eigenvalue weighted by Crippen LogP contribution is 2.18. The largest absolute Gasteiger partial charge is 0.465 e. The van der Waals surface area contributed by atoms with Crippen LogP contribution in [0.25, 0.3) is 16.3 Å². The topological polar surface area (TPSA) is 70.0 Å². The zero-order valence-electron chi connectivity index (χ0n) is 16.6. The van der Waals surface area contributed by atoms with Crippen molar-refractivity contribution in [1.82, 2.24) is 4.90 Å². The first-order valence-corrected chi connectivity index (χ1v) is 10.6. The predicted molar refractivity (Wildman–Crippen MR) is 111 cm³/mol. The number of nitrogens with zero attached hydrogens (tertiary/aromatic N) is 1. The molecule has 28 heavy (non-hydrogen) atoms. The van der Waals surface area contributed by atoms with Gasteiger partial charge in [-0.25, -0.2) is 0 Å². The SMILES string of the molecule is CCCCCCOC(=O)CN(C=Cc1[nH+]c2ccccc2s1)CC(=O)OCC. The Morgan fingerprint density at radius 3 is 2.54 bits per heavy atom. The molecule has 1 heterocycles. The van der Waals surface area contributed by atoms with Crippen LogP contribution in [0.3, 0.4) is 0 Å². The lowest BCUT2D eigenvalue weighted by atomic mass is 10.2. The van der Waals surface area contributed by atoms with E-state index >= 15 is 0 Å². The first-order valence-electron chi connectivity index (χ1n) is 9.76. The highest BCUT2D eigenvalue weighted by atomic mass is 32.1. The lowest BCUT2D eigenvalue weighted by Crippen LogP contribution is -2.32. The summed E-state index contributed by atoms with van der Waals surface area (Å²) in [6.45, 7) is 4.63. The van der Waals surface area contributed by atoms with Gasteiger partial charge in [-0.2, -0.15) is 4.98 Å². The summed E-state index contributed by atoms with van der Waals surface area (Å²) in [6, 6.07) is 8.02. The molecular formula is C21H29N2O4S+. The summed E-state index contributed by atoms with van der Waals surface area (Å²) in [5.74, 6) is -0.714. The minimum absolute atomic E-state index is 0.000168. The van der Waals surface area contributed by atoms with Gasteiger partial charge in [0.15, 0.2) is 0 Å². The highest BCUT2D eigenvalue weighted by Gasteiger charge is 2.14. The molecule has 1 aromatic carbocycles. The number of rotatable bonds is 12. The first kappa shape index (κ1) is 21.9. The van der Waals surface area contributed by atoms with Crippen molar-refractivity contribution in [2.24, 2.45) is 0 Å². The number of H-pyrrole nitrogens is 1. The average Bonchev–Trinajstić information content (AvgIpc) is 3.09. The predicted octanol–water partition coefficient (Wildman–Crippen LogP) is 3.67. The fourth-order valence-electron chi connectivity index (χ4n) is 2.64. The second kappa shape index (κ2) is 12.1. The summed E-state index contributed by atoms with van der Waals surface area (Å²) in [5.41, 5.74) is 1.05. The van der Waals surface area contributed by atoms with Crippen LogP contribution in [0.15, 0.2) is 30.5 Å². The molecule has 0 aliphatic rings. The van der Waals surface area contributed by atoms with E-state index in [2.05, 4.69) is 11.9 Å². The summed E-state index contributed by atoms with van der Waals surface area (Å²) in [4.78, 5) is 28.9. The zero-order chi connectivity index (χ0) is 20.2. The van der Waals surface area contributed by atoms with Crippen LogP contribution in [0, 0.1) is 0 Å². The lowest BCUT2D eigenvalue weighted by Gasteiger charge is -2.18.